The van der Waals surface area contributed by atoms with E-state index in [1.165, 1.54) is 0 Å². The second kappa shape index (κ2) is 3.92. The summed E-state index contributed by atoms with van der Waals surface area (Å²) in [6.07, 6.45) is 0.885. The van der Waals surface area contributed by atoms with Gasteiger partial charge in [0.1, 0.15) is 11.9 Å². The van der Waals surface area contributed by atoms with Crippen LogP contribution in [0.1, 0.15) is 33.1 Å². The van der Waals surface area contributed by atoms with Gasteiger partial charge in [0.15, 0.2) is 0 Å². The second-order valence-corrected chi connectivity index (χ2v) is 6.50. The number of fused-ring (bicyclic) bond motifs is 2. The van der Waals surface area contributed by atoms with Gasteiger partial charge >= 0.3 is 5.97 Å². The van der Waals surface area contributed by atoms with Crippen LogP contribution in [0.5, 0.6) is 0 Å². The molecule has 1 heterocycles. The van der Waals surface area contributed by atoms with E-state index < -0.39 is 23.4 Å². The first kappa shape index (κ1) is 12.9. The topological polar surface area (TPSA) is 63.6 Å². The Kier molecular flexibility index (Phi) is 2.65. The number of esters is 1. The van der Waals surface area contributed by atoms with E-state index >= 15 is 0 Å². The zero-order valence-corrected chi connectivity index (χ0v) is 11.4. The van der Waals surface area contributed by atoms with Gasteiger partial charge in [-0.2, -0.15) is 0 Å². The Hall–Kier alpha value is -1.16. The van der Waals surface area contributed by atoms with Gasteiger partial charge in [-0.15, -0.1) is 0 Å². The lowest BCUT2D eigenvalue weighted by molar-refractivity contribution is -0.140. The molecule has 4 heteroatoms. The van der Waals surface area contributed by atoms with Crippen molar-refractivity contribution in [3.05, 3.63) is 12.2 Å². The van der Waals surface area contributed by atoms with Gasteiger partial charge in [0.25, 0.3) is 0 Å². The molecule has 3 fully saturated rings. The minimum atomic E-state index is -0.860. The molecule has 19 heavy (non-hydrogen) atoms. The van der Waals surface area contributed by atoms with Crippen molar-refractivity contribution in [2.24, 2.45) is 23.2 Å². The Morgan fingerprint density at radius 2 is 2.11 bits per heavy atom. The highest BCUT2D eigenvalue weighted by atomic mass is 16.6. The summed E-state index contributed by atoms with van der Waals surface area (Å²) in [6.45, 7) is 7.70. The molecule has 0 spiro atoms. The molecule has 0 aromatic rings. The molecule has 1 unspecified atom stereocenters. The average molecular weight is 264 g/mol. The molecule has 0 bridgehead atoms. The van der Waals surface area contributed by atoms with Gasteiger partial charge in [-0.3, -0.25) is 4.79 Å². The van der Waals surface area contributed by atoms with E-state index in [1.54, 1.807) is 0 Å². The van der Waals surface area contributed by atoms with Crippen molar-refractivity contribution in [3.8, 4) is 0 Å². The fourth-order valence-electron chi connectivity index (χ4n) is 4.46. The molecule has 6 atom stereocenters. The summed E-state index contributed by atoms with van der Waals surface area (Å²) < 4.78 is 5.33. The highest BCUT2D eigenvalue weighted by molar-refractivity contribution is 5.92. The zero-order chi connectivity index (χ0) is 13.9. The Labute approximate surface area is 112 Å². The van der Waals surface area contributed by atoms with Crippen molar-refractivity contribution in [1.82, 2.24) is 0 Å². The summed E-state index contributed by atoms with van der Waals surface area (Å²) in [7, 11) is 0. The van der Waals surface area contributed by atoms with E-state index in [9.17, 15) is 14.7 Å². The molecule has 0 amide bonds. The maximum atomic E-state index is 12.3. The van der Waals surface area contributed by atoms with Crippen LogP contribution in [0.2, 0.25) is 0 Å². The largest absolute Gasteiger partial charge is 0.458 e. The lowest BCUT2D eigenvalue weighted by Gasteiger charge is -2.37. The van der Waals surface area contributed by atoms with Crippen molar-refractivity contribution in [3.63, 3.8) is 0 Å². The molecule has 1 saturated heterocycles. The summed E-state index contributed by atoms with van der Waals surface area (Å²) in [6, 6.07) is 0. The predicted molar refractivity (Wildman–Crippen MR) is 68.1 cm³/mol. The van der Waals surface area contributed by atoms with Crippen LogP contribution >= 0.6 is 0 Å². The Morgan fingerprint density at radius 3 is 2.79 bits per heavy atom. The first-order valence-corrected chi connectivity index (χ1v) is 6.98. The minimum absolute atomic E-state index is 0.115. The second-order valence-electron chi connectivity index (χ2n) is 6.50. The SMILES string of the molecule is C=C1C(=O)O[C@@H]2C[C@H](C)[C@@H]3CCC(=O)[C@@]3(C)[C@@H](O)C12. The number of aliphatic hydroxyl groups is 1. The van der Waals surface area contributed by atoms with Gasteiger partial charge in [-0.25, -0.2) is 4.79 Å². The Bertz CT molecular complexity index is 469. The van der Waals surface area contributed by atoms with Crippen LogP contribution in [0.25, 0.3) is 0 Å². The number of Topliss-reactive ketones (excluding diaryl/α,β-unsaturated/α-hetero) is 1. The number of ketones is 1. The number of carbonyl (C=O) groups is 2. The van der Waals surface area contributed by atoms with Gasteiger partial charge in [0.05, 0.1) is 17.4 Å². The fourth-order valence-corrected chi connectivity index (χ4v) is 4.46. The summed E-state index contributed by atoms with van der Waals surface area (Å²) in [5.41, 5.74) is -0.429. The molecule has 3 aliphatic rings. The normalized spacial score (nSPS) is 49.6. The zero-order valence-electron chi connectivity index (χ0n) is 11.4. The fraction of sp³-hybridized carbons (Fsp3) is 0.733. The number of aliphatic hydroxyl groups excluding tert-OH is 1. The molecule has 1 N–H and O–H groups in total. The van der Waals surface area contributed by atoms with Crippen molar-refractivity contribution >= 4 is 11.8 Å². The number of ether oxygens (including phenoxy) is 1. The molecule has 4 nitrogen and oxygen atoms in total. The molecule has 3 rings (SSSR count). The van der Waals surface area contributed by atoms with E-state index in [0.29, 0.717) is 18.4 Å². The standard InChI is InChI=1S/C15H20O4/c1-7-6-10-12(8(2)14(18)19-10)13(17)15(3)9(7)4-5-11(15)16/h7,9-10,12-13,17H,2,4-6H2,1,3H3/t7-,9-,10+,12?,13-,15-/m0/s1. The maximum Gasteiger partial charge on any atom is 0.334 e. The lowest BCUT2D eigenvalue weighted by Crippen LogP contribution is -2.46. The number of hydrogen-bond donors (Lipinski definition) is 1. The van der Waals surface area contributed by atoms with Crippen LogP contribution in [-0.4, -0.2) is 29.1 Å². The smallest absolute Gasteiger partial charge is 0.334 e. The predicted octanol–water partition coefficient (Wildman–Crippen LogP) is 1.47. The third-order valence-corrected chi connectivity index (χ3v) is 5.62. The highest BCUT2D eigenvalue weighted by Gasteiger charge is 2.61. The molecular formula is C15H20O4. The molecule has 0 aromatic carbocycles. The highest BCUT2D eigenvalue weighted by Crippen LogP contribution is 2.55. The summed E-state index contributed by atoms with van der Waals surface area (Å²) in [5, 5.41) is 10.8. The van der Waals surface area contributed by atoms with E-state index in [1.807, 2.05) is 6.92 Å². The number of rotatable bonds is 0. The summed E-state index contributed by atoms with van der Waals surface area (Å²) >= 11 is 0. The van der Waals surface area contributed by atoms with Crippen LogP contribution in [0.3, 0.4) is 0 Å². The molecule has 0 radical (unpaired) electrons. The van der Waals surface area contributed by atoms with Crippen molar-refractivity contribution in [1.29, 1.82) is 0 Å². The lowest BCUT2D eigenvalue weighted by atomic mass is 9.68. The quantitative estimate of drug-likeness (QED) is 0.531. The molecular weight excluding hydrogens is 244 g/mol. The van der Waals surface area contributed by atoms with Gasteiger partial charge < -0.3 is 9.84 Å². The summed E-state index contributed by atoms with van der Waals surface area (Å²) in [4.78, 5) is 24.0. The Balaban J connectivity index is 2.07. The van der Waals surface area contributed by atoms with Crippen LogP contribution in [-0.2, 0) is 14.3 Å². The van der Waals surface area contributed by atoms with Crippen LogP contribution in [0.4, 0.5) is 0 Å². The van der Waals surface area contributed by atoms with Gasteiger partial charge in [0, 0.05) is 12.0 Å². The third-order valence-electron chi connectivity index (χ3n) is 5.62. The van der Waals surface area contributed by atoms with Crippen LogP contribution in [0, 0.1) is 23.2 Å². The average Bonchev–Trinajstić information content (AvgIpc) is 2.77. The van der Waals surface area contributed by atoms with Crippen molar-refractivity contribution < 1.29 is 19.4 Å². The van der Waals surface area contributed by atoms with E-state index in [2.05, 4.69) is 13.5 Å². The van der Waals surface area contributed by atoms with Crippen molar-refractivity contribution in [2.45, 2.75) is 45.3 Å². The molecule has 1 aliphatic heterocycles. The van der Waals surface area contributed by atoms with E-state index in [4.69, 9.17) is 4.74 Å². The number of carbonyl (C=O) groups excluding carboxylic acids is 2. The summed E-state index contributed by atoms with van der Waals surface area (Å²) in [5.74, 6) is -0.294. The van der Waals surface area contributed by atoms with Gasteiger partial charge in [-0.05, 0) is 31.6 Å². The first-order valence-electron chi connectivity index (χ1n) is 6.98. The maximum absolute atomic E-state index is 12.3. The van der Waals surface area contributed by atoms with Crippen LogP contribution in [0.15, 0.2) is 12.2 Å². The van der Waals surface area contributed by atoms with Gasteiger partial charge in [0.2, 0.25) is 0 Å². The van der Waals surface area contributed by atoms with Crippen LogP contribution < -0.4 is 0 Å². The number of hydrogen-bond acceptors (Lipinski definition) is 4. The van der Waals surface area contributed by atoms with Crippen molar-refractivity contribution in [2.75, 3.05) is 0 Å². The van der Waals surface area contributed by atoms with E-state index in [0.717, 1.165) is 6.42 Å². The monoisotopic (exact) mass is 264 g/mol. The molecule has 104 valence electrons. The van der Waals surface area contributed by atoms with E-state index in [-0.39, 0.29) is 23.7 Å². The third kappa shape index (κ3) is 1.49. The molecule has 2 saturated carbocycles. The van der Waals surface area contributed by atoms with Gasteiger partial charge in [-0.1, -0.05) is 13.5 Å². The minimum Gasteiger partial charge on any atom is -0.458 e. The Morgan fingerprint density at radius 1 is 1.42 bits per heavy atom. The molecule has 0 aromatic heterocycles. The first-order chi connectivity index (χ1) is 8.87. The molecule has 2 aliphatic carbocycles.